The van der Waals surface area contributed by atoms with Crippen LogP contribution in [0.2, 0.25) is 0 Å². The molecule has 7 heteroatoms. The molecule has 0 fully saturated rings. The maximum atomic E-state index is 10.7. The van der Waals surface area contributed by atoms with Crippen molar-refractivity contribution >= 4 is 17.7 Å². The number of hydrogen-bond acceptors (Lipinski definition) is 5. The Bertz CT molecular complexity index is 375. The molecule has 3 N–H and O–H groups in total. The molecule has 0 aromatic carbocycles. The summed E-state index contributed by atoms with van der Waals surface area (Å²) in [5, 5.41) is 17.3. The number of carboxylic acid groups (broad SMARTS) is 1. The van der Waals surface area contributed by atoms with Crippen LogP contribution in [0, 0.1) is 0 Å². The van der Waals surface area contributed by atoms with Crippen molar-refractivity contribution in [3.05, 3.63) is 16.4 Å². The van der Waals surface area contributed by atoms with Crippen molar-refractivity contribution in [3.63, 3.8) is 0 Å². The molecule has 0 unspecified atom stereocenters. The van der Waals surface area contributed by atoms with Crippen LogP contribution in [0.15, 0.2) is 16.0 Å². The lowest BCUT2D eigenvalue weighted by Crippen LogP contribution is -2.07. The minimum atomic E-state index is -1.02. The zero-order chi connectivity index (χ0) is 9.84. The lowest BCUT2D eigenvalue weighted by Gasteiger charge is -1.96. The molecule has 1 aromatic rings. The normalized spacial score (nSPS) is 9.85. The zero-order valence-electron chi connectivity index (χ0n) is 6.35. The molecule has 13 heavy (non-hydrogen) atoms. The highest BCUT2D eigenvalue weighted by Crippen LogP contribution is 2.12. The largest absolute Gasteiger partial charge is 0.493 e. The summed E-state index contributed by atoms with van der Waals surface area (Å²) < 4.78 is 0. The predicted molar refractivity (Wildman–Crippen MR) is 44.9 cm³/mol. The van der Waals surface area contributed by atoms with Crippen molar-refractivity contribution in [2.45, 2.75) is 5.16 Å². The van der Waals surface area contributed by atoms with Crippen molar-refractivity contribution in [2.75, 3.05) is 5.75 Å². The molecule has 0 aliphatic rings. The monoisotopic (exact) mass is 202 g/mol. The van der Waals surface area contributed by atoms with Gasteiger partial charge in [0.25, 0.3) is 5.56 Å². The van der Waals surface area contributed by atoms with E-state index in [1.807, 2.05) is 0 Å². The fraction of sp³-hybridized carbons (Fsp3) is 0.167. The summed E-state index contributed by atoms with van der Waals surface area (Å²) in [7, 11) is 0. The van der Waals surface area contributed by atoms with E-state index in [1.54, 1.807) is 0 Å². The number of carbonyl (C=O) groups is 1. The van der Waals surface area contributed by atoms with Gasteiger partial charge in [0.2, 0.25) is 5.88 Å². The van der Waals surface area contributed by atoms with Gasteiger partial charge < -0.3 is 15.2 Å². The third kappa shape index (κ3) is 3.16. The fourth-order valence-corrected chi connectivity index (χ4v) is 1.21. The molecule has 0 atom stereocenters. The van der Waals surface area contributed by atoms with Gasteiger partial charge in [-0.2, -0.15) is 4.98 Å². The average molecular weight is 202 g/mol. The van der Waals surface area contributed by atoms with Crippen LogP contribution in [0.4, 0.5) is 0 Å². The Hall–Kier alpha value is -1.50. The minimum Gasteiger partial charge on any atom is -0.493 e. The Morgan fingerprint density at radius 1 is 1.69 bits per heavy atom. The summed E-state index contributed by atoms with van der Waals surface area (Å²) in [4.78, 5) is 26.7. The Labute approximate surface area is 76.6 Å². The number of nitrogens with zero attached hydrogens (tertiary/aromatic N) is 1. The van der Waals surface area contributed by atoms with Crippen LogP contribution in [0.3, 0.4) is 0 Å². The molecular formula is C6H6N2O4S. The number of aromatic hydroxyl groups is 1. The maximum absolute atomic E-state index is 10.7. The number of hydrogen-bond donors (Lipinski definition) is 3. The van der Waals surface area contributed by atoms with Crippen LogP contribution >= 0.6 is 11.8 Å². The quantitative estimate of drug-likeness (QED) is 0.457. The molecule has 6 nitrogen and oxygen atoms in total. The van der Waals surface area contributed by atoms with E-state index >= 15 is 0 Å². The standard InChI is InChI=1S/C6H6N2O4S/c9-3-1-4(10)8-6(7-3)13-2-5(11)12/h1H,2H2,(H,11,12)(H2,7,8,9,10). The number of thioether (sulfide) groups is 1. The molecule has 1 aromatic heterocycles. The fourth-order valence-electron chi connectivity index (χ4n) is 0.621. The van der Waals surface area contributed by atoms with Gasteiger partial charge in [-0.1, -0.05) is 11.8 Å². The number of H-pyrrole nitrogens is 1. The molecular weight excluding hydrogens is 196 g/mol. The number of nitrogens with one attached hydrogen (secondary N) is 1. The molecule has 0 bridgehead atoms. The molecule has 0 saturated heterocycles. The Morgan fingerprint density at radius 3 is 2.92 bits per heavy atom. The van der Waals surface area contributed by atoms with Crippen molar-refractivity contribution in [3.8, 4) is 5.88 Å². The van der Waals surface area contributed by atoms with Crippen LogP contribution in [0.1, 0.15) is 0 Å². The van der Waals surface area contributed by atoms with Crippen molar-refractivity contribution in [1.82, 2.24) is 9.97 Å². The number of rotatable bonds is 3. The van der Waals surface area contributed by atoms with E-state index in [4.69, 9.17) is 10.2 Å². The van der Waals surface area contributed by atoms with Gasteiger partial charge >= 0.3 is 5.97 Å². The summed E-state index contributed by atoms with van der Waals surface area (Å²) in [6.07, 6.45) is 0. The predicted octanol–water partition coefficient (Wildman–Crippen LogP) is -0.348. The third-order valence-corrected chi connectivity index (χ3v) is 1.90. The van der Waals surface area contributed by atoms with Crippen molar-refractivity contribution < 1.29 is 15.0 Å². The Morgan fingerprint density at radius 2 is 2.38 bits per heavy atom. The first kappa shape index (κ1) is 9.59. The highest BCUT2D eigenvalue weighted by atomic mass is 32.2. The van der Waals surface area contributed by atoms with E-state index in [0.29, 0.717) is 0 Å². The molecule has 0 spiro atoms. The summed E-state index contributed by atoms with van der Waals surface area (Å²) in [5.41, 5.74) is -0.514. The summed E-state index contributed by atoms with van der Waals surface area (Å²) in [5.74, 6) is -1.65. The van der Waals surface area contributed by atoms with Crippen molar-refractivity contribution in [1.29, 1.82) is 0 Å². The number of aromatic amines is 1. The second-order valence-electron chi connectivity index (χ2n) is 2.09. The van der Waals surface area contributed by atoms with E-state index in [0.717, 1.165) is 17.8 Å². The molecule has 0 saturated carbocycles. The molecule has 1 rings (SSSR count). The maximum Gasteiger partial charge on any atom is 0.313 e. The first-order chi connectivity index (χ1) is 6.08. The first-order valence-corrected chi connectivity index (χ1v) is 4.21. The highest BCUT2D eigenvalue weighted by molar-refractivity contribution is 7.99. The average Bonchev–Trinajstić information content (AvgIpc) is 1.99. The van der Waals surface area contributed by atoms with Crippen LogP contribution in [-0.2, 0) is 4.79 Å². The zero-order valence-corrected chi connectivity index (χ0v) is 7.17. The second kappa shape index (κ2) is 3.94. The van der Waals surface area contributed by atoms with E-state index in [1.165, 1.54) is 0 Å². The van der Waals surface area contributed by atoms with E-state index < -0.39 is 17.4 Å². The van der Waals surface area contributed by atoms with Gasteiger partial charge in [0.15, 0.2) is 5.16 Å². The van der Waals surface area contributed by atoms with Gasteiger partial charge in [0.05, 0.1) is 11.8 Å². The van der Waals surface area contributed by atoms with Crippen LogP contribution in [0.25, 0.3) is 0 Å². The number of carboxylic acids is 1. The lowest BCUT2D eigenvalue weighted by molar-refractivity contribution is -0.133. The van der Waals surface area contributed by atoms with E-state index in [9.17, 15) is 9.59 Å². The summed E-state index contributed by atoms with van der Waals surface area (Å²) in [6, 6.07) is 0.908. The molecule has 0 amide bonds. The van der Waals surface area contributed by atoms with Crippen molar-refractivity contribution in [2.24, 2.45) is 0 Å². The van der Waals surface area contributed by atoms with Gasteiger partial charge in [-0.15, -0.1) is 0 Å². The first-order valence-electron chi connectivity index (χ1n) is 3.23. The smallest absolute Gasteiger partial charge is 0.313 e. The SMILES string of the molecule is O=C(O)CSc1nc(O)cc(=O)[nH]1. The topological polar surface area (TPSA) is 103 Å². The molecule has 70 valence electrons. The van der Waals surface area contributed by atoms with Gasteiger partial charge in [0.1, 0.15) is 0 Å². The highest BCUT2D eigenvalue weighted by Gasteiger charge is 2.03. The van der Waals surface area contributed by atoms with E-state index in [2.05, 4.69) is 9.97 Å². The summed E-state index contributed by atoms with van der Waals surface area (Å²) in [6.45, 7) is 0. The van der Waals surface area contributed by atoms with Gasteiger partial charge in [-0.3, -0.25) is 9.59 Å². The van der Waals surface area contributed by atoms with Gasteiger partial charge in [-0.25, -0.2) is 0 Å². The summed E-state index contributed by atoms with van der Waals surface area (Å²) >= 11 is 0.831. The molecule has 1 heterocycles. The van der Waals surface area contributed by atoms with E-state index in [-0.39, 0.29) is 10.9 Å². The van der Waals surface area contributed by atoms with Gasteiger partial charge in [0, 0.05) is 0 Å². The minimum absolute atomic E-state index is 0.0902. The molecule has 0 aliphatic carbocycles. The Kier molecular flexibility index (Phi) is 2.91. The number of aliphatic carboxylic acids is 1. The lowest BCUT2D eigenvalue weighted by atomic mass is 10.6. The number of aromatic nitrogens is 2. The Balaban J connectivity index is 2.77. The molecule has 0 radical (unpaired) electrons. The van der Waals surface area contributed by atoms with Crippen LogP contribution < -0.4 is 5.56 Å². The van der Waals surface area contributed by atoms with Gasteiger partial charge in [-0.05, 0) is 0 Å². The molecule has 0 aliphatic heterocycles. The second-order valence-corrected chi connectivity index (χ2v) is 3.06. The van der Waals surface area contributed by atoms with Crippen LogP contribution in [-0.4, -0.2) is 31.9 Å². The third-order valence-electron chi connectivity index (χ3n) is 1.04. The van der Waals surface area contributed by atoms with Crippen LogP contribution in [0.5, 0.6) is 5.88 Å².